The van der Waals surface area contributed by atoms with Gasteiger partial charge in [0.15, 0.2) is 0 Å². The highest BCUT2D eigenvalue weighted by Crippen LogP contribution is 2.33. The lowest BCUT2D eigenvalue weighted by molar-refractivity contribution is -0.137. The summed E-state index contributed by atoms with van der Waals surface area (Å²) in [5, 5.41) is 9.26. The Morgan fingerprint density at radius 1 is 1.12 bits per heavy atom. The second-order valence-corrected chi connectivity index (χ2v) is 7.02. The van der Waals surface area contributed by atoms with Crippen molar-refractivity contribution in [3.8, 4) is 11.4 Å². The number of benzene rings is 2. The molecule has 0 spiro atoms. The zero-order valence-electron chi connectivity index (χ0n) is 17.9. The van der Waals surface area contributed by atoms with Gasteiger partial charge in [-0.3, -0.25) is 9.59 Å². The smallest absolute Gasteiger partial charge is 0.416 e. The summed E-state index contributed by atoms with van der Waals surface area (Å²) in [6.45, 7) is 2.44. The molecule has 7 nitrogen and oxygen atoms in total. The van der Waals surface area contributed by atoms with Crippen LogP contribution < -0.4 is 15.4 Å². The molecule has 33 heavy (non-hydrogen) atoms. The number of rotatable bonds is 9. The number of halogens is 3. The highest BCUT2D eigenvalue weighted by atomic mass is 19.4. The van der Waals surface area contributed by atoms with Gasteiger partial charge in [0, 0.05) is 25.4 Å². The quantitative estimate of drug-likeness (QED) is 0.463. The summed E-state index contributed by atoms with van der Waals surface area (Å²) in [6.07, 6.45) is -1.21. The summed E-state index contributed by atoms with van der Waals surface area (Å²) in [5.74, 6) is -0.351. The van der Waals surface area contributed by atoms with Crippen LogP contribution in [0.3, 0.4) is 0 Å². The van der Waals surface area contributed by atoms with E-state index in [0.717, 1.165) is 12.1 Å². The van der Waals surface area contributed by atoms with E-state index in [9.17, 15) is 22.8 Å². The number of carbonyl (C=O) groups excluding carboxylic acids is 2. The maximum absolute atomic E-state index is 13.1. The van der Waals surface area contributed by atoms with E-state index >= 15 is 0 Å². The Balaban J connectivity index is 1.59. The highest BCUT2D eigenvalue weighted by molar-refractivity contribution is 5.97. The van der Waals surface area contributed by atoms with Crippen LogP contribution in [-0.4, -0.2) is 34.7 Å². The van der Waals surface area contributed by atoms with E-state index in [4.69, 9.17) is 4.74 Å². The number of carbonyl (C=O) groups is 2. The van der Waals surface area contributed by atoms with E-state index in [2.05, 4.69) is 15.7 Å². The lowest BCUT2D eigenvalue weighted by Gasteiger charge is -2.15. The van der Waals surface area contributed by atoms with Crippen molar-refractivity contribution in [1.82, 2.24) is 15.1 Å². The van der Waals surface area contributed by atoms with Crippen LogP contribution in [-0.2, 0) is 11.0 Å². The van der Waals surface area contributed by atoms with Gasteiger partial charge in [-0.15, -0.1) is 0 Å². The van der Waals surface area contributed by atoms with E-state index in [1.165, 1.54) is 16.9 Å². The minimum absolute atomic E-state index is 0.00216. The van der Waals surface area contributed by atoms with Gasteiger partial charge in [-0.1, -0.05) is 12.1 Å². The van der Waals surface area contributed by atoms with E-state index in [1.54, 1.807) is 36.5 Å². The third kappa shape index (κ3) is 6.34. The fraction of sp³-hybridized carbons (Fsp3) is 0.261. The van der Waals surface area contributed by atoms with Crippen molar-refractivity contribution in [2.75, 3.05) is 18.5 Å². The number of hydrogen-bond acceptors (Lipinski definition) is 4. The lowest BCUT2D eigenvalue weighted by atomic mass is 10.1. The summed E-state index contributed by atoms with van der Waals surface area (Å²) in [7, 11) is 0. The molecule has 0 bridgehead atoms. The first-order valence-electron chi connectivity index (χ1n) is 10.3. The monoisotopic (exact) mass is 460 g/mol. The SMILES string of the molecule is CCOc1ccccc1C(=O)NCCCC(=O)Nc1cc(C(F)(F)F)ccc1-n1cccn1. The van der Waals surface area contributed by atoms with E-state index in [0.29, 0.717) is 30.0 Å². The van der Waals surface area contributed by atoms with Gasteiger partial charge >= 0.3 is 6.18 Å². The Hall–Kier alpha value is -3.82. The topological polar surface area (TPSA) is 85.2 Å². The number of alkyl halides is 3. The van der Waals surface area contributed by atoms with Crippen LogP contribution in [0.25, 0.3) is 5.69 Å². The molecule has 1 heterocycles. The highest BCUT2D eigenvalue weighted by Gasteiger charge is 2.31. The number of nitrogens with zero attached hydrogens (tertiary/aromatic N) is 2. The molecular weight excluding hydrogens is 437 g/mol. The summed E-state index contributed by atoms with van der Waals surface area (Å²) >= 11 is 0. The third-order valence-electron chi connectivity index (χ3n) is 4.65. The Morgan fingerprint density at radius 3 is 2.61 bits per heavy atom. The zero-order chi connectivity index (χ0) is 23.8. The standard InChI is InChI=1S/C23H23F3N4O3/c1-2-33-20-8-4-3-7-17(20)22(32)27-12-5-9-21(31)29-18-15-16(23(24,25)26)10-11-19(18)30-14-6-13-28-30/h3-4,6-8,10-11,13-15H,2,5,9,12H2,1H3,(H,27,32)(H,29,31). The molecular formula is C23H23F3N4O3. The summed E-state index contributed by atoms with van der Waals surface area (Å²) < 4.78 is 46.2. The molecule has 0 aliphatic heterocycles. The first-order valence-corrected chi connectivity index (χ1v) is 10.3. The van der Waals surface area contributed by atoms with Gasteiger partial charge in [-0.2, -0.15) is 18.3 Å². The minimum atomic E-state index is -4.55. The number of ether oxygens (including phenoxy) is 1. The molecule has 0 fully saturated rings. The molecule has 0 saturated carbocycles. The average Bonchev–Trinajstić information content (AvgIpc) is 3.31. The predicted octanol–water partition coefficient (Wildman–Crippen LogP) is 4.44. The Labute approximate surface area is 188 Å². The number of hydrogen-bond donors (Lipinski definition) is 2. The average molecular weight is 460 g/mol. The van der Waals surface area contributed by atoms with Gasteiger partial charge in [0.2, 0.25) is 5.91 Å². The van der Waals surface area contributed by atoms with Gasteiger partial charge in [-0.25, -0.2) is 4.68 Å². The van der Waals surface area contributed by atoms with Crippen molar-refractivity contribution in [2.24, 2.45) is 0 Å². The molecule has 10 heteroatoms. The third-order valence-corrected chi connectivity index (χ3v) is 4.65. The second-order valence-electron chi connectivity index (χ2n) is 7.02. The minimum Gasteiger partial charge on any atom is -0.493 e. The van der Waals surface area contributed by atoms with Crippen molar-refractivity contribution in [1.29, 1.82) is 0 Å². The maximum Gasteiger partial charge on any atom is 0.416 e. The van der Waals surface area contributed by atoms with Crippen LogP contribution >= 0.6 is 0 Å². The molecule has 2 aromatic carbocycles. The summed E-state index contributed by atoms with van der Waals surface area (Å²) in [4.78, 5) is 24.8. The maximum atomic E-state index is 13.1. The van der Waals surface area contributed by atoms with Crippen molar-refractivity contribution in [3.63, 3.8) is 0 Å². The van der Waals surface area contributed by atoms with E-state index < -0.39 is 17.6 Å². The van der Waals surface area contributed by atoms with Crippen LogP contribution in [0.4, 0.5) is 18.9 Å². The van der Waals surface area contributed by atoms with Crippen molar-refractivity contribution in [2.45, 2.75) is 25.9 Å². The Morgan fingerprint density at radius 2 is 1.91 bits per heavy atom. The molecule has 0 atom stereocenters. The van der Waals surface area contributed by atoms with Crippen molar-refractivity contribution < 1.29 is 27.5 Å². The largest absolute Gasteiger partial charge is 0.493 e. The van der Waals surface area contributed by atoms with Crippen molar-refractivity contribution >= 4 is 17.5 Å². The van der Waals surface area contributed by atoms with Crippen LogP contribution in [0.15, 0.2) is 60.9 Å². The predicted molar refractivity (Wildman–Crippen MR) is 116 cm³/mol. The molecule has 3 rings (SSSR count). The number of aromatic nitrogens is 2. The van der Waals surface area contributed by atoms with E-state index in [1.807, 2.05) is 6.92 Å². The molecule has 174 valence electrons. The Bertz CT molecular complexity index is 1100. The fourth-order valence-electron chi connectivity index (χ4n) is 3.12. The first kappa shape index (κ1) is 23.8. The van der Waals surface area contributed by atoms with Gasteiger partial charge < -0.3 is 15.4 Å². The number of anilines is 1. The number of nitrogens with one attached hydrogen (secondary N) is 2. The second kappa shape index (κ2) is 10.7. The fourth-order valence-corrected chi connectivity index (χ4v) is 3.12. The summed E-state index contributed by atoms with van der Waals surface area (Å²) in [5.41, 5.74) is -0.194. The van der Waals surface area contributed by atoms with E-state index in [-0.39, 0.29) is 24.6 Å². The van der Waals surface area contributed by atoms with Crippen LogP contribution in [0.5, 0.6) is 5.75 Å². The summed E-state index contributed by atoms with van der Waals surface area (Å²) in [6, 6.07) is 11.5. The molecule has 1 aromatic heterocycles. The number of para-hydroxylation sites is 1. The molecule has 3 aromatic rings. The van der Waals surface area contributed by atoms with Gasteiger partial charge in [-0.05, 0) is 49.7 Å². The van der Waals surface area contributed by atoms with Crippen LogP contribution in [0.2, 0.25) is 0 Å². The zero-order valence-corrected chi connectivity index (χ0v) is 17.9. The molecule has 0 aliphatic rings. The molecule has 2 amide bonds. The molecule has 0 radical (unpaired) electrons. The molecule has 2 N–H and O–H groups in total. The number of amides is 2. The van der Waals surface area contributed by atoms with Crippen molar-refractivity contribution in [3.05, 3.63) is 72.1 Å². The normalized spacial score (nSPS) is 11.2. The molecule has 0 aliphatic carbocycles. The van der Waals surface area contributed by atoms with Gasteiger partial charge in [0.25, 0.3) is 5.91 Å². The Kier molecular flexibility index (Phi) is 7.70. The van der Waals surface area contributed by atoms with Gasteiger partial charge in [0.05, 0.1) is 29.1 Å². The molecule has 0 unspecified atom stereocenters. The lowest BCUT2D eigenvalue weighted by Crippen LogP contribution is -2.26. The molecule has 0 saturated heterocycles. The van der Waals surface area contributed by atoms with Crippen LogP contribution in [0, 0.1) is 0 Å². The first-order chi connectivity index (χ1) is 15.8. The van der Waals surface area contributed by atoms with Crippen LogP contribution in [0.1, 0.15) is 35.7 Å². The van der Waals surface area contributed by atoms with Gasteiger partial charge in [0.1, 0.15) is 5.75 Å².